The van der Waals surface area contributed by atoms with Crippen molar-refractivity contribution in [3.8, 4) is 0 Å². The second-order valence-electron chi connectivity index (χ2n) is 3.88. The lowest BCUT2D eigenvalue weighted by atomic mass is 10.2. The number of thiophene rings is 1. The first-order chi connectivity index (χ1) is 8.86. The van der Waals surface area contributed by atoms with E-state index in [0.29, 0.717) is 22.4 Å². The van der Waals surface area contributed by atoms with Gasteiger partial charge in [0.15, 0.2) is 0 Å². The lowest BCUT2D eigenvalue weighted by Gasteiger charge is -2.11. The standard InChI is InChI=1S/C12H10BrF3N2S/c13-8-3-7(12(14,15)16)4-9(5-8)18-6-11-10(17)1-2-19-11/h1-5,18H,6,17H2. The van der Waals surface area contributed by atoms with Crippen LogP contribution in [-0.4, -0.2) is 0 Å². The molecule has 3 N–H and O–H groups in total. The summed E-state index contributed by atoms with van der Waals surface area (Å²) in [7, 11) is 0. The lowest BCUT2D eigenvalue weighted by molar-refractivity contribution is -0.137. The molecule has 0 aliphatic rings. The van der Waals surface area contributed by atoms with E-state index in [2.05, 4.69) is 21.2 Å². The minimum atomic E-state index is -4.36. The van der Waals surface area contributed by atoms with Crippen molar-refractivity contribution in [3.05, 3.63) is 44.6 Å². The Morgan fingerprint density at radius 1 is 1.26 bits per heavy atom. The van der Waals surface area contributed by atoms with Crippen molar-refractivity contribution in [3.63, 3.8) is 0 Å². The summed E-state index contributed by atoms with van der Waals surface area (Å²) in [4.78, 5) is 0.897. The van der Waals surface area contributed by atoms with Crippen molar-refractivity contribution < 1.29 is 13.2 Å². The Morgan fingerprint density at radius 3 is 2.58 bits per heavy atom. The van der Waals surface area contributed by atoms with E-state index < -0.39 is 11.7 Å². The van der Waals surface area contributed by atoms with Crippen LogP contribution < -0.4 is 11.1 Å². The molecule has 2 nitrogen and oxygen atoms in total. The van der Waals surface area contributed by atoms with E-state index in [0.717, 1.165) is 17.0 Å². The molecule has 19 heavy (non-hydrogen) atoms. The van der Waals surface area contributed by atoms with Gasteiger partial charge in [-0.3, -0.25) is 0 Å². The molecule has 0 atom stereocenters. The Hall–Kier alpha value is -1.21. The summed E-state index contributed by atoms with van der Waals surface area (Å²) >= 11 is 4.54. The fourth-order valence-electron chi connectivity index (χ4n) is 1.53. The van der Waals surface area contributed by atoms with E-state index in [1.54, 1.807) is 12.1 Å². The van der Waals surface area contributed by atoms with E-state index in [4.69, 9.17) is 5.73 Å². The zero-order valence-electron chi connectivity index (χ0n) is 9.59. The Kier molecular flexibility index (Phi) is 4.05. The van der Waals surface area contributed by atoms with Gasteiger partial charge in [0.1, 0.15) is 0 Å². The maximum absolute atomic E-state index is 12.7. The van der Waals surface area contributed by atoms with E-state index in [9.17, 15) is 13.2 Å². The summed E-state index contributed by atoms with van der Waals surface area (Å²) in [5.74, 6) is 0. The average Bonchev–Trinajstić information content (AvgIpc) is 2.70. The molecule has 0 spiro atoms. The van der Waals surface area contributed by atoms with Gasteiger partial charge in [0, 0.05) is 20.7 Å². The monoisotopic (exact) mass is 350 g/mol. The van der Waals surface area contributed by atoms with E-state index in [1.165, 1.54) is 11.3 Å². The number of benzene rings is 1. The van der Waals surface area contributed by atoms with Gasteiger partial charge in [0.2, 0.25) is 0 Å². The second-order valence-corrected chi connectivity index (χ2v) is 5.80. The first kappa shape index (κ1) is 14.2. The van der Waals surface area contributed by atoms with Crippen molar-refractivity contribution in [2.75, 3.05) is 11.1 Å². The highest BCUT2D eigenvalue weighted by atomic mass is 79.9. The Morgan fingerprint density at radius 2 is 2.00 bits per heavy atom. The fraction of sp³-hybridized carbons (Fsp3) is 0.167. The minimum Gasteiger partial charge on any atom is -0.398 e. The molecule has 0 aliphatic heterocycles. The number of nitrogens with one attached hydrogen (secondary N) is 1. The SMILES string of the molecule is Nc1ccsc1CNc1cc(Br)cc(C(F)(F)F)c1. The average molecular weight is 351 g/mol. The quantitative estimate of drug-likeness (QED) is 0.840. The summed E-state index contributed by atoms with van der Waals surface area (Å²) in [5, 5.41) is 4.78. The molecule has 0 aliphatic carbocycles. The van der Waals surface area contributed by atoms with Crippen LogP contribution in [0.5, 0.6) is 0 Å². The summed E-state index contributed by atoms with van der Waals surface area (Å²) in [6.45, 7) is 0.400. The lowest BCUT2D eigenvalue weighted by Crippen LogP contribution is -2.07. The van der Waals surface area contributed by atoms with Gasteiger partial charge in [0.25, 0.3) is 0 Å². The van der Waals surface area contributed by atoms with Crippen LogP contribution in [0.4, 0.5) is 24.5 Å². The molecular formula is C12H10BrF3N2S. The maximum Gasteiger partial charge on any atom is 0.416 e. The van der Waals surface area contributed by atoms with Crippen LogP contribution in [0.1, 0.15) is 10.4 Å². The van der Waals surface area contributed by atoms with Gasteiger partial charge >= 0.3 is 6.18 Å². The molecule has 102 valence electrons. The molecule has 2 aromatic rings. The number of anilines is 2. The predicted octanol–water partition coefficient (Wildman–Crippen LogP) is 4.72. The molecule has 2 rings (SSSR count). The third kappa shape index (κ3) is 3.63. The third-order valence-corrected chi connectivity index (χ3v) is 3.85. The van der Waals surface area contributed by atoms with Crippen LogP contribution in [0.15, 0.2) is 34.1 Å². The van der Waals surface area contributed by atoms with Crippen LogP contribution >= 0.6 is 27.3 Å². The van der Waals surface area contributed by atoms with Gasteiger partial charge in [-0.15, -0.1) is 11.3 Å². The van der Waals surface area contributed by atoms with Crippen molar-refractivity contribution >= 4 is 38.6 Å². The largest absolute Gasteiger partial charge is 0.416 e. The first-order valence-corrected chi connectivity index (χ1v) is 6.97. The fourth-order valence-corrected chi connectivity index (χ4v) is 2.76. The molecule has 0 saturated carbocycles. The number of alkyl halides is 3. The second kappa shape index (κ2) is 5.42. The molecule has 0 radical (unpaired) electrons. The summed E-state index contributed by atoms with van der Waals surface area (Å²) < 4.78 is 38.4. The minimum absolute atomic E-state index is 0.379. The van der Waals surface area contributed by atoms with Gasteiger partial charge in [-0.1, -0.05) is 15.9 Å². The van der Waals surface area contributed by atoms with Crippen molar-refractivity contribution in [2.45, 2.75) is 12.7 Å². The zero-order chi connectivity index (χ0) is 14.0. The van der Waals surface area contributed by atoms with Crippen LogP contribution in [0.3, 0.4) is 0 Å². The van der Waals surface area contributed by atoms with Gasteiger partial charge in [-0.05, 0) is 29.6 Å². The Labute approximate surface area is 120 Å². The van der Waals surface area contributed by atoms with E-state index in [-0.39, 0.29) is 0 Å². The topological polar surface area (TPSA) is 38.0 Å². The van der Waals surface area contributed by atoms with Crippen LogP contribution in [0, 0.1) is 0 Å². The molecule has 1 heterocycles. The van der Waals surface area contributed by atoms with E-state index >= 15 is 0 Å². The molecule has 0 amide bonds. The molecule has 0 unspecified atom stereocenters. The molecular weight excluding hydrogens is 341 g/mol. The molecule has 0 bridgehead atoms. The molecule has 7 heteroatoms. The van der Waals surface area contributed by atoms with Gasteiger partial charge < -0.3 is 11.1 Å². The van der Waals surface area contributed by atoms with Gasteiger partial charge in [-0.2, -0.15) is 13.2 Å². The Balaban J connectivity index is 2.17. The van der Waals surface area contributed by atoms with Crippen molar-refractivity contribution in [1.29, 1.82) is 0 Å². The van der Waals surface area contributed by atoms with Crippen LogP contribution in [-0.2, 0) is 12.7 Å². The van der Waals surface area contributed by atoms with Gasteiger partial charge in [-0.25, -0.2) is 0 Å². The summed E-state index contributed by atoms with van der Waals surface area (Å²) in [6.07, 6.45) is -4.36. The maximum atomic E-state index is 12.7. The summed E-state index contributed by atoms with van der Waals surface area (Å²) in [6, 6.07) is 5.49. The number of hydrogen-bond donors (Lipinski definition) is 2. The number of halogens is 4. The number of rotatable bonds is 3. The third-order valence-electron chi connectivity index (χ3n) is 2.46. The van der Waals surface area contributed by atoms with Crippen LogP contribution in [0.25, 0.3) is 0 Å². The Bertz CT molecular complexity index is 581. The van der Waals surface area contributed by atoms with Gasteiger partial charge in [0.05, 0.1) is 12.1 Å². The summed E-state index contributed by atoms with van der Waals surface area (Å²) in [5.41, 5.74) is 6.06. The number of nitrogens with two attached hydrogens (primary N) is 1. The normalized spacial score (nSPS) is 11.6. The first-order valence-electron chi connectivity index (χ1n) is 5.30. The molecule has 0 fully saturated rings. The molecule has 1 aromatic carbocycles. The zero-order valence-corrected chi connectivity index (χ0v) is 12.0. The van der Waals surface area contributed by atoms with Crippen LogP contribution in [0.2, 0.25) is 0 Å². The highest BCUT2D eigenvalue weighted by Crippen LogP contribution is 2.33. The van der Waals surface area contributed by atoms with Crippen molar-refractivity contribution in [2.24, 2.45) is 0 Å². The smallest absolute Gasteiger partial charge is 0.398 e. The molecule has 0 saturated heterocycles. The molecule has 1 aromatic heterocycles. The van der Waals surface area contributed by atoms with E-state index in [1.807, 2.05) is 5.38 Å². The number of nitrogen functional groups attached to an aromatic ring is 1. The van der Waals surface area contributed by atoms with Crippen molar-refractivity contribution in [1.82, 2.24) is 0 Å². The highest BCUT2D eigenvalue weighted by Gasteiger charge is 2.31. The predicted molar refractivity (Wildman–Crippen MR) is 75.2 cm³/mol. The highest BCUT2D eigenvalue weighted by molar-refractivity contribution is 9.10. The number of hydrogen-bond acceptors (Lipinski definition) is 3.